The van der Waals surface area contributed by atoms with Crippen molar-refractivity contribution in [2.24, 2.45) is 0 Å². The van der Waals surface area contributed by atoms with E-state index in [2.05, 4.69) is 15.3 Å². The van der Waals surface area contributed by atoms with Gasteiger partial charge in [0.15, 0.2) is 0 Å². The first-order valence-corrected chi connectivity index (χ1v) is 10.2. The number of halogens is 1. The molecule has 2 aromatic carbocycles. The number of imidazole rings is 1. The lowest BCUT2D eigenvalue weighted by molar-refractivity contribution is 0.0925. The van der Waals surface area contributed by atoms with E-state index >= 15 is 0 Å². The first-order chi connectivity index (χ1) is 15.4. The number of H-pyrrole nitrogens is 1. The van der Waals surface area contributed by atoms with Gasteiger partial charge in [-0.1, -0.05) is 24.3 Å². The van der Waals surface area contributed by atoms with E-state index in [1.807, 2.05) is 32.0 Å². The average molecular weight is 434 g/mol. The number of rotatable bonds is 6. The quantitative estimate of drug-likeness (QED) is 0.434. The van der Waals surface area contributed by atoms with Gasteiger partial charge < -0.3 is 15.4 Å². The van der Waals surface area contributed by atoms with Crippen LogP contribution >= 0.6 is 0 Å². The summed E-state index contributed by atoms with van der Waals surface area (Å²) in [4.78, 5) is 32.6. The molecule has 32 heavy (non-hydrogen) atoms. The third kappa shape index (κ3) is 4.31. The van der Waals surface area contributed by atoms with Gasteiger partial charge in [0, 0.05) is 18.9 Å². The smallest absolute Gasteiger partial charge is 0.331 e. The molecule has 0 saturated carbocycles. The molecule has 0 aliphatic rings. The first-order valence-electron chi connectivity index (χ1n) is 10.2. The number of carbonyl (C=O) groups excluding carboxylic acids is 1. The number of hydrogen-bond acceptors (Lipinski definition) is 4. The lowest BCUT2D eigenvalue weighted by atomic mass is 10.0. The van der Waals surface area contributed by atoms with E-state index < -0.39 is 17.6 Å². The molecule has 1 amide bonds. The minimum absolute atomic E-state index is 0.0674. The summed E-state index contributed by atoms with van der Waals surface area (Å²) in [7, 11) is 0. The second-order valence-electron chi connectivity index (χ2n) is 7.73. The number of aryl methyl sites for hydroxylation is 2. The number of aliphatic hydroxyl groups excluding tert-OH is 1. The number of carbonyl (C=O) groups is 1. The summed E-state index contributed by atoms with van der Waals surface area (Å²) < 4.78 is 14.5. The van der Waals surface area contributed by atoms with Crippen LogP contribution in [-0.4, -0.2) is 32.0 Å². The largest absolute Gasteiger partial charge is 0.396 e. The fraction of sp³-hybridized carbons (Fsp3) is 0.208. The Morgan fingerprint density at radius 2 is 1.91 bits per heavy atom. The number of aromatic amines is 1. The Hall–Kier alpha value is -3.78. The third-order valence-corrected chi connectivity index (χ3v) is 5.51. The molecule has 0 spiro atoms. The van der Waals surface area contributed by atoms with E-state index in [0.29, 0.717) is 16.9 Å². The van der Waals surface area contributed by atoms with Gasteiger partial charge in [-0.25, -0.2) is 14.2 Å². The van der Waals surface area contributed by atoms with Crippen LogP contribution < -0.4 is 11.0 Å². The van der Waals surface area contributed by atoms with E-state index in [0.717, 1.165) is 16.7 Å². The number of nitrogens with one attached hydrogen (secondary N) is 2. The summed E-state index contributed by atoms with van der Waals surface area (Å²) in [5, 5.41) is 12.2. The summed E-state index contributed by atoms with van der Waals surface area (Å²) >= 11 is 0. The highest BCUT2D eigenvalue weighted by atomic mass is 19.1. The van der Waals surface area contributed by atoms with Crippen molar-refractivity contribution in [3.63, 3.8) is 0 Å². The molecule has 2 heterocycles. The van der Waals surface area contributed by atoms with Crippen molar-refractivity contribution >= 4 is 11.6 Å². The Kier molecular flexibility index (Phi) is 5.87. The Morgan fingerprint density at radius 3 is 2.59 bits per heavy atom. The van der Waals surface area contributed by atoms with Crippen LogP contribution in [0.5, 0.6) is 0 Å². The topological polar surface area (TPSA) is 99.5 Å². The normalized spacial score (nSPS) is 12.1. The highest BCUT2D eigenvalue weighted by molar-refractivity contribution is 5.93. The standard InChI is InChI=1S/C24H23FN4O3/c1-14-3-4-17(11-15(14)2)20-12-22-26-21(13-29(22)24(32)28-20)23(31)27-19(9-10-30)16-5-7-18(25)8-6-16/h3-8,11-13,19,30H,9-10H2,1-2H3,(H,27,31)(H,28,32)/t19-/m1/s1. The molecule has 0 bridgehead atoms. The van der Waals surface area contributed by atoms with Crippen molar-refractivity contribution in [1.29, 1.82) is 0 Å². The number of hydrogen-bond donors (Lipinski definition) is 3. The molecule has 7 nitrogen and oxygen atoms in total. The van der Waals surface area contributed by atoms with Crippen LogP contribution in [-0.2, 0) is 0 Å². The van der Waals surface area contributed by atoms with E-state index in [4.69, 9.17) is 0 Å². The number of nitrogens with zero attached hydrogens (tertiary/aromatic N) is 2. The van der Waals surface area contributed by atoms with Crippen molar-refractivity contribution in [3.05, 3.63) is 93.4 Å². The lowest BCUT2D eigenvalue weighted by Gasteiger charge is -2.17. The van der Waals surface area contributed by atoms with Gasteiger partial charge in [0.1, 0.15) is 17.2 Å². The fourth-order valence-electron chi connectivity index (χ4n) is 3.55. The molecular formula is C24H23FN4O3. The SMILES string of the molecule is Cc1ccc(-c2cc3nc(C(=O)N[C@H](CCO)c4ccc(F)cc4)cn3c(=O)[nH]2)cc1C. The Bertz CT molecular complexity index is 1340. The first kappa shape index (κ1) is 21.5. The van der Waals surface area contributed by atoms with Crippen molar-refractivity contribution < 1.29 is 14.3 Å². The zero-order valence-electron chi connectivity index (χ0n) is 17.7. The summed E-state index contributed by atoms with van der Waals surface area (Å²) in [6.45, 7) is 3.85. The van der Waals surface area contributed by atoms with E-state index in [9.17, 15) is 19.1 Å². The zero-order chi connectivity index (χ0) is 22.8. The van der Waals surface area contributed by atoms with Crippen LogP contribution in [0.2, 0.25) is 0 Å². The minimum Gasteiger partial charge on any atom is -0.396 e. The van der Waals surface area contributed by atoms with Gasteiger partial charge in [-0.15, -0.1) is 0 Å². The summed E-state index contributed by atoms with van der Waals surface area (Å²) in [5.41, 5.74) is 4.36. The zero-order valence-corrected chi connectivity index (χ0v) is 17.7. The van der Waals surface area contributed by atoms with Gasteiger partial charge in [0.25, 0.3) is 5.91 Å². The van der Waals surface area contributed by atoms with Crippen molar-refractivity contribution in [2.45, 2.75) is 26.3 Å². The van der Waals surface area contributed by atoms with Gasteiger partial charge in [-0.2, -0.15) is 0 Å². The van der Waals surface area contributed by atoms with Crippen LogP contribution in [0.1, 0.15) is 39.6 Å². The molecular weight excluding hydrogens is 411 g/mol. The predicted octanol–water partition coefficient (Wildman–Crippen LogP) is 3.30. The lowest BCUT2D eigenvalue weighted by Crippen LogP contribution is -2.29. The van der Waals surface area contributed by atoms with Crippen molar-refractivity contribution in [2.75, 3.05) is 6.61 Å². The maximum Gasteiger partial charge on any atom is 0.331 e. The molecule has 8 heteroatoms. The van der Waals surface area contributed by atoms with Crippen LogP contribution in [0, 0.1) is 19.7 Å². The monoisotopic (exact) mass is 434 g/mol. The maximum absolute atomic E-state index is 13.2. The second-order valence-corrected chi connectivity index (χ2v) is 7.73. The van der Waals surface area contributed by atoms with Gasteiger partial charge in [-0.05, 0) is 60.7 Å². The summed E-state index contributed by atoms with van der Waals surface area (Å²) in [6, 6.07) is 12.8. The molecule has 0 aliphatic carbocycles. The molecule has 0 aliphatic heterocycles. The number of aliphatic hydroxyl groups is 1. The molecule has 0 saturated heterocycles. The Morgan fingerprint density at radius 1 is 1.16 bits per heavy atom. The second kappa shape index (κ2) is 8.76. The number of benzene rings is 2. The maximum atomic E-state index is 13.2. The van der Waals surface area contributed by atoms with Gasteiger partial charge in [-0.3, -0.25) is 9.20 Å². The predicted molar refractivity (Wildman–Crippen MR) is 119 cm³/mol. The van der Waals surface area contributed by atoms with E-state index in [1.54, 1.807) is 18.2 Å². The number of amides is 1. The number of aromatic nitrogens is 3. The molecule has 4 rings (SSSR count). The van der Waals surface area contributed by atoms with Crippen LogP contribution in [0.25, 0.3) is 16.9 Å². The molecule has 3 N–H and O–H groups in total. The van der Waals surface area contributed by atoms with Crippen molar-refractivity contribution in [1.82, 2.24) is 19.7 Å². The van der Waals surface area contributed by atoms with Gasteiger partial charge in [0.2, 0.25) is 0 Å². The Labute approximate surface area is 183 Å². The molecule has 0 radical (unpaired) electrons. The summed E-state index contributed by atoms with van der Waals surface area (Å²) in [5.74, 6) is -0.884. The van der Waals surface area contributed by atoms with Gasteiger partial charge in [0.05, 0.1) is 11.7 Å². The average Bonchev–Trinajstić information content (AvgIpc) is 3.21. The molecule has 0 unspecified atom stereocenters. The highest BCUT2D eigenvalue weighted by Gasteiger charge is 2.19. The van der Waals surface area contributed by atoms with Crippen LogP contribution in [0.3, 0.4) is 0 Å². The minimum atomic E-state index is -0.526. The fourth-order valence-corrected chi connectivity index (χ4v) is 3.55. The molecule has 4 aromatic rings. The van der Waals surface area contributed by atoms with E-state index in [1.165, 1.54) is 22.7 Å². The van der Waals surface area contributed by atoms with Gasteiger partial charge >= 0.3 is 5.69 Å². The molecule has 0 fully saturated rings. The van der Waals surface area contributed by atoms with Crippen LogP contribution in [0.4, 0.5) is 4.39 Å². The van der Waals surface area contributed by atoms with Crippen molar-refractivity contribution in [3.8, 4) is 11.3 Å². The Balaban J connectivity index is 1.64. The summed E-state index contributed by atoms with van der Waals surface area (Å²) in [6.07, 6.45) is 1.62. The molecule has 1 atom stereocenters. The molecule has 164 valence electrons. The highest BCUT2D eigenvalue weighted by Crippen LogP contribution is 2.21. The third-order valence-electron chi connectivity index (χ3n) is 5.51. The van der Waals surface area contributed by atoms with Crippen LogP contribution in [0.15, 0.2) is 59.5 Å². The number of fused-ring (bicyclic) bond motifs is 1. The van der Waals surface area contributed by atoms with E-state index in [-0.39, 0.29) is 24.5 Å². The molecule has 2 aromatic heterocycles.